The molecule has 2 heterocycles. The van der Waals surface area contributed by atoms with Crippen molar-refractivity contribution in [3.05, 3.63) is 29.8 Å². The number of amides is 1. The minimum Gasteiger partial charge on any atom is -0.308 e. The molecular weight excluding hydrogens is 310 g/mol. The molecular formula is C21H27N3O. The first-order chi connectivity index (χ1) is 12.3. The van der Waals surface area contributed by atoms with Crippen molar-refractivity contribution >= 4 is 11.6 Å². The number of para-hydroxylation sites is 1. The summed E-state index contributed by atoms with van der Waals surface area (Å²) in [5, 5.41) is 9.12. The maximum Gasteiger partial charge on any atom is 0.235 e. The molecule has 2 fully saturated rings. The largest absolute Gasteiger partial charge is 0.308 e. The van der Waals surface area contributed by atoms with Gasteiger partial charge in [-0.1, -0.05) is 37.5 Å². The molecule has 3 aliphatic rings. The molecule has 1 unspecified atom stereocenters. The number of likely N-dealkylation sites (tertiary alicyclic amines) is 1. The molecule has 0 aromatic heterocycles. The van der Waals surface area contributed by atoms with Gasteiger partial charge >= 0.3 is 0 Å². The van der Waals surface area contributed by atoms with E-state index in [1.54, 1.807) is 0 Å². The zero-order chi connectivity index (χ0) is 17.2. The van der Waals surface area contributed by atoms with E-state index in [4.69, 9.17) is 5.26 Å². The molecule has 1 aliphatic carbocycles. The number of benzene rings is 1. The van der Waals surface area contributed by atoms with Crippen molar-refractivity contribution in [1.82, 2.24) is 4.90 Å². The lowest BCUT2D eigenvalue weighted by atomic mass is 9.91. The summed E-state index contributed by atoms with van der Waals surface area (Å²) in [7, 11) is 0. The second kappa shape index (κ2) is 7.17. The van der Waals surface area contributed by atoms with E-state index in [1.807, 2.05) is 23.1 Å². The van der Waals surface area contributed by atoms with Gasteiger partial charge in [0.05, 0.1) is 18.4 Å². The molecule has 0 N–H and O–H groups in total. The highest BCUT2D eigenvalue weighted by molar-refractivity contribution is 6.05. The number of fused-ring (bicyclic) bond motifs is 1. The summed E-state index contributed by atoms with van der Waals surface area (Å²) in [4.78, 5) is 17.7. The number of nitrogens with zero attached hydrogens (tertiary/aromatic N) is 3. The Kier molecular flexibility index (Phi) is 4.76. The van der Waals surface area contributed by atoms with Gasteiger partial charge in [0, 0.05) is 30.9 Å². The van der Waals surface area contributed by atoms with Crippen molar-refractivity contribution in [2.24, 2.45) is 0 Å². The van der Waals surface area contributed by atoms with Crippen LogP contribution in [0.4, 0.5) is 5.69 Å². The van der Waals surface area contributed by atoms with Gasteiger partial charge < -0.3 is 9.80 Å². The lowest BCUT2D eigenvalue weighted by Crippen LogP contribution is -2.49. The summed E-state index contributed by atoms with van der Waals surface area (Å²) in [6, 6.07) is 11.3. The number of hydrogen-bond acceptors (Lipinski definition) is 3. The molecule has 0 radical (unpaired) electrons. The van der Waals surface area contributed by atoms with Crippen LogP contribution >= 0.6 is 0 Å². The summed E-state index contributed by atoms with van der Waals surface area (Å²) < 4.78 is 0. The van der Waals surface area contributed by atoms with Crippen molar-refractivity contribution in [3.63, 3.8) is 0 Å². The Hall–Kier alpha value is -1.86. The van der Waals surface area contributed by atoms with Crippen molar-refractivity contribution in [3.8, 4) is 6.07 Å². The van der Waals surface area contributed by atoms with Crippen molar-refractivity contribution in [2.75, 3.05) is 18.0 Å². The van der Waals surface area contributed by atoms with E-state index >= 15 is 0 Å². The highest BCUT2D eigenvalue weighted by Gasteiger charge is 2.41. The van der Waals surface area contributed by atoms with Crippen LogP contribution in [0.25, 0.3) is 0 Å². The van der Waals surface area contributed by atoms with E-state index in [-0.39, 0.29) is 24.3 Å². The molecule has 1 aromatic rings. The van der Waals surface area contributed by atoms with Crippen LogP contribution in [0.2, 0.25) is 0 Å². The second-order valence-corrected chi connectivity index (χ2v) is 7.74. The van der Waals surface area contributed by atoms with Crippen LogP contribution in [0.15, 0.2) is 24.3 Å². The Morgan fingerprint density at radius 2 is 1.72 bits per heavy atom. The van der Waals surface area contributed by atoms with Gasteiger partial charge in [-0.3, -0.25) is 4.79 Å². The van der Waals surface area contributed by atoms with Gasteiger partial charge in [-0.05, 0) is 37.3 Å². The van der Waals surface area contributed by atoms with Gasteiger partial charge in [0.15, 0.2) is 0 Å². The monoisotopic (exact) mass is 337 g/mol. The fourth-order valence-electron chi connectivity index (χ4n) is 5.04. The maximum absolute atomic E-state index is 13.0. The number of carbonyl (C=O) groups excluding carboxylic acids is 1. The lowest BCUT2D eigenvalue weighted by Gasteiger charge is -2.41. The first-order valence-corrected chi connectivity index (χ1v) is 9.82. The predicted octanol–water partition coefficient (Wildman–Crippen LogP) is 3.83. The van der Waals surface area contributed by atoms with Gasteiger partial charge in [-0.15, -0.1) is 0 Å². The molecule has 0 bridgehead atoms. The number of carbonyl (C=O) groups is 1. The SMILES string of the molecule is N#CCC1C(=O)N(C2CCN(C3CCCCC3)CC2)c2ccccc21. The number of anilines is 1. The highest BCUT2D eigenvalue weighted by Crippen LogP contribution is 2.41. The molecule has 1 saturated heterocycles. The van der Waals surface area contributed by atoms with Gasteiger partial charge in [0.2, 0.25) is 5.91 Å². The summed E-state index contributed by atoms with van der Waals surface area (Å²) in [5.74, 6) is -0.128. The number of piperidine rings is 1. The van der Waals surface area contributed by atoms with E-state index in [2.05, 4.69) is 17.0 Å². The van der Waals surface area contributed by atoms with Crippen molar-refractivity contribution in [1.29, 1.82) is 5.26 Å². The Labute approximate surface area is 150 Å². The van der Waals surface area contributed by atoms with Crippen molar-refractivity contribution < 1.29 is 4.79 Å². The molecule has 1 saturated carbocycles. The van der Waals surface area contributed by atoms with E-state index in [9.17, 15) is 4.79 Å². The van der Waals surface area contributed by atoms with Crippen LogP contribution in [0.5, 0.6) is 0 Å². The van der Waals surface area contributed by atoms with Gasteiger partial charge in [0.25, 0.3) is 0 Å². The topological polar surface area (TPSA) is 47.3 Å². The zero-order valence-electron chi connectivity index (χ0n) is 14.9. The number of rotatable bonds is 3. The van der Waals surface area contributed by atoms with E-state index < -0.39 is 0 Å². The molecule has 4 nitrogen and oxygen atoms in total. The first kappa shape index (κ1) is 16.6. The third-order valence-electron chi connectivity index (χ3n) is 6.36. The van der Waals surface area contributed by atoms with Gasteiger partial charge in [-0.25, -0.2) is 0 Å². The Bertz CT molecular complexity index is 666. The summed E-state index contributed by atoms with van der Waals surface area (Å²) in [6.45, 7) is 2.20. The van der Waals surface area contributed by atoms with Crippen LogP contribution in [0, 0.1) is 11.3 Å². The Balaban J connectivity index is 1.47. The fourth-order valence-corrected chi connectivity index (χ4v) is 5.04. The summed E-state index contributed by atoms with van der Waals surface area (Å²) >= 11 is 0. The van der Waals surface area contributed by atoms with Crippen LogP contribution in [-0.4, -0.2) is 36.0 Å². The predicted molar refractivity (Wildman–Crippen MR) is 98.4 cm³/mol. The van der Waals surface area contributed by atoms with Gasteiger partial charge in [0.1, 0.15) is 0 Å². The lowest BCUT2D eigenvalue weighted by molar-refractivity contribution is -0.119. The maximum atomic E-state index is 13.0. The molecule has 1 amide bonds. The highest BCUT2D eigenvalue weighted by atomic mass is 16.2. The molecule has 1 atom stereocenters. The number of nitriles is 1. The summed E-state index contributed by atoms with van der Waals surface area (Å²) in [5.41, 5.74) is 2.09. The van der Waals surface area contributed by atoms with Crippen LogP contribution in [0.1, 0.15) is 62.8 Å². The van der Waals surface area contributed by atoms with E-state index in [1.165, 1.54) is 32.1 Å². The first-order valence-electron chi connectivity index (χ1n) is 9.82. The van der Waals surface area contributed by atoms with Crippen LogP contribution < -0.4 is 4.90 Å². The second-order valence-electron chi connectivity index (χ2n) is 7.74. The summed E-state index contributed by atoms with van der Waals surface area (Å²) in [6.07, 6.45) is 9.23. The zero-order valence-corrected chi connectivity index (χ0v) is 14.9. The van der Waals surface area contributed by atoms with Crippen LogP contribution in [-0.2, 0) is 4.79 Å². The average molecular weight is 337 g/mol. The van der Waals surface area contributed by atoms with E-state index in [0.29, 0.717) is 0 Å². The van der Waals surface area contributed by atoms with Crippen molar-refractivity contribution in [2.45, 2.75) is 69.4 Å². The van der Waals surface area contributed by atoms with Gasteiger partial charge in [-0.2, -0.15) is 5.26 Å². The molecule has 132 valence electrons. The average Bonchev–Trinajstić information content (AvgIpc) is 2.95. The Morgan fingerprint density at radius 1 is 1.00 bits per heavy atom. The molecule has 1 aromatic carbocycles. The molecule has 25 heavy (non-hydrogen) atoms. The molecule has 4 heteroatoms. The minimum atomic E-state index is -0.266. The molecule has 4 rings (SSSR count). The third kappa shape index (κ3) is 3.06. The van der Waals surface area contributed by atoms with Crippen LogP contribution in [0.3, 0.4) is 0 Å². The fraction of sp³-hybridized carbons (Fsp3) is 0.619. The van der Waals surface area contributed by atoms with E-state index in [0.717, 1.165) is 43.2 Å². The normalized spacial score (nSPS) is 25.8. The smallest absolute Gasteiger partial charge is 0.235 e. The molecule has 0 spiro atoms. The minimum absolute atomic E-state index is 0.138. The quantitative estimate of drug-likeness (QED) is 0.842. The Morgan fingerprint density at radius 3 is 2.44 bits per heavy atom. The number of hydrogen-bond donors (Lipinski definition) is 0. The molecule has 2 aliphatic heterocycles. The third-order valence-corrected chi connectivity index (χ3v) is 6.36. The standard InChI is InChI=1S/C21H27N3O/c22-13-10-19-18-8-4-5-9-20(18)24(21(19)25)17-11-14-23(15-12-17)16-6-2-1-3-7-16/h4-5,8-9,16-17,19H,1-3,6-7,10-12,14-15H2.